The van der Waals surface area contributed by atoms with E-state index in [9.17, 15) is 14.4 Å². The van der Waals surface area contributed by atoms with Crippen LogP contribution in [0, 0.1) is 0 Å². The minimum absolute atomic E-state index is 0.0213. The van der Waals surface area contributed by atoms with Crippen LogP contribution in [0.5, 0.6) is 0 Å². The van der Waals surface area contributed by atoms with E-state index in [0.717, 1.165) is 5.56 Å². The van der Waals surface area contributed by atoms with Gasteiger partial charge in [0.25, 0.3) is 0 Å². The average molecular weight is 264 g/mol. The molecule has 1 N–H and O–H groups in total. The van der Waals surface area contributed by atoms with Crippen LogP contribution in [0.2, 0.25) is 0 Å². The summed E-state index contributed by atoms with van der Waals surface area (Å²) in [5.41, 5.74) is 1.21. The maximum absolute atomic E-state index is 11.6. The predicted octanol–water partition coefficient (Wildman–Crippen LogP) is 1.84. The Morgan fingerprint density at radius 3 is 2.26 bits per heavy atom. The molecule has 102 valence electrons. The van der Waals surface area contributed by atoms with Crippen LogP contribution < -0.4 is 0 Å². The minimum atomic E-state index is -0.993. The third-order valence-electron chi connectivity index (χ3n) is 2.50. The zero-order valence-corrected chi connectivity index (χ0v) is 10.7. The number of aliphatic carboxylic acids is 1. The molecule has 0 bridgehead atoms. The van der Waals surface area contributed by atoms with Crippen molar-refractivity contribution in [2.45, 2.75) is 26.2 Å². The lowest BCUT2D eigenvalue weighted by Crippen LogP contribution is -2.08. The first-order chi connectivity index (χ1) is 9.02. The quantitative estimate of drug-likeness (QED) is 0.600. The molecule has 0 spiro atoms. The van der Waals surface area contributed by atoms with Gasteiger partial charge in [0.15, 0.2) is 5.78 Å². The fraction of sp³-hybridized carbons (Fsp3) is 0.357. The largest absolute Gasteiger partial charge is 0.481 e. The second kappa shape index (κ2) is 7.31. The van der Waals surface area contributed by atoms with Gasteiger partial charge in [-0.05, 0) is 12.5 Å². The molecule has 0 heterocycles. The van der Waals surface area contributed by atoms with Crippen LogP contribution in [0.25, 0.3) is 0 Å². The number of esters is 1. The molecule has 19 heavy (non-hydrogen) atoms. The van der Waals surface area contributed by atoms with Crippen molar-refractivity contribution in [3.05, 3.63) is 35.4 Å². The molecule has 1 aromatic rings. The maximum Gasteiger partial charge on any atom is 0.310 e. The number of rotatable bonds is 7. The highest BCUT2D eigenvalue weighted by molar-refractivity contribution is 5.97. The van der Waals surface area contributed by atoms with Crippen LogP contribution in [-0.2, 0) is 20.7 Å². The normalized spacial score (nSPS) is 9.95. The smallest absolute Gasteiger partial charge is 0.310 e. The summed E-state index contributed by atoms with van der Waals surface area (Å²) in [5, 5.41) is 8.50. The Kier molecular flexibility index (Phi) is 5.73. The second-order valence-corrected chi connectivity index (χ2v) is 4.00. The first-order valence-electron chi connectivity index (χ1n) is 6.02. The summed E-state index contributed by atoms with van der Waals surface area (Å²) in [7, 11) is 0. The zero-order valence-electron chi connectivity index (χ0n) is 10.7. The van der Waals surface area contributed by atoms with Gasteiger partial charge in [-0.25, -0.2) is 0 Å². The van der Waals surface area contributed by atoms with Gasteiger partial charge < -0.3 is 9.84 Å². The Hall–Kier alpha value is -2.17. The van der Waals surface area contributed by atoms with E-state index in [1.165, 1.54) is 0 Å². The van der Waals surface area contributed by atoms with E-state index in [4.69, 9.17) is 9.84 Å². The van der Waals surface area contributed by atoms with Crippen molar-refractivity contribution < 1.29 is 24.2 Å². The Balaban J connectivity index is 2.58. The van der Waals surface area contributed by atoms with Crippen LogP contribution in [0.3, 0.4) is 0 Å². The molecule has 0 fully saturated rings. The van der Waals surface area contributed by atoms with Gasteiger partial charge in [0.05, 0.1) is 19.4 Å². The van der Waals surface area contributed by atoms with Gasteiger partial charge >= 0.3 is 11.9 Å². The van der Waals surface area contributed by atoms with Crippen molar-refractivity contribution in [1.29, 1.82) is 0 Å². The number of ketones is 1. The van der Waals surface area contributed by atoms with Crippen LogP contribution in [-0.4, -0.2) is 29.4 Å². The summed E-state index contributed by atoms with van der Waals surface area (Å²) in [5.74, 6) is -1.52. The molecule has 0 aliphatic heterocycles. The number of hydrogen-bond donors (Lipinski definition) is 1. The average Bonchev–Trinajstić information content (AvgIpc) is 2.37. The number of hydrogen-bond acceptors (Lipinski definition) is 4. The van der Waals surface area contributed by atoms with Gasteiger partial charge in [-0.2, -0.15) is 0 Å². The number of Topliss-reactive ketones (excluding diaryl/α,β-unsaturated/α-hetero) is 1. The summed E-state index contributed by atoms with van der Waals surface area (Å²) in [6.45, 7) is 2.08. The van der Waals surface area contributed by atoms with Crippen molar-refractivity contribution in [3.8, 4) is 0 Å². The summed E-state index contributed by atoms with van der Waals surface area (Å²) in [6.07, 6.45) is -0.0343. The molecule has 0 aromatic heterocycles. The summed E-state index contributed by atoms with van der Waals surface area (Å²) < 4.78 is 4.82. The standard InChI is InChI=1S/C14H16O5/c1-2-19-14(18)9-10-3-5-11(6-4-10)12(15)7-8-13(16)17/h3-6H,2,7-9H2,1H3,(H,16,17). The second-order valence-electron chi connectivity index (χ2n) is 4.00. The van der Waals surface area contributed by atoms with E-state index >= 15 is 0 Å². The fourth-order valence-electron chi connectivity index (χ4n) is 1.55. The Morgan fingerprint density at radius 1 is 1.11 bits per heavy atom. The first-order valence-corrected chi connectivity index (χ1v) is 6.02. The van der Waals surface area contributed by atoms with Crippen molar-refractivity contribution in [3.63, 3.8) is 0 Å². The highest BCUT2D eigenvalue weighted by atomic mass is 16.5. The third kappa shape index (κ3) is 5.33. The molecular formula is C14H16O5. The molecule has 1 aromatic carbocycles. The summed E-state index contributed by atoms with van der Waals surface area (Å²) in [6, 6.07) is 6.54. The lowest BCUT2D eigenvalue weighted by atomic mass is 10.0. The molecule has 0 radical (unpaired) electrons. The molecule has 5 nitrogen and oxygen atoms in total. The van der Waals surface area contributed by atoms with Gasteiger partial charge in [-0.1, -0.05) is 24.3 Å². The van der Waals surface area contributed by atoms with Crippen molar-refractivity contribution in [2.24, 2.45) is 0 Å². The highest BCUT2D eigenvalue weighted by Gasteiger charge is 2.09. The van der Waals surface area contributed by atoms with Crippen molar-refractivity contribution >= 4 is 17.7 Å². The number of carboxylic acid groups (broad SMARTS) is 1. The summed E-state index contributed by atoms with van der Waals surface area (Å²) >= 11 is 0. The Bertz CT molecular complexity index is 461. The van der Waals surface area contributed by atoms with Gasteiger partial charge in [-0.15, -0.1) is 0 Å². The summed E-state index contributed by atoms with van der Waals surface area (Å²) in [4.78, 5) is 33.3. The van der Waals surface area contributed by atoms with E-state index in [2.05, 4.69) is 0 Å². The van der Waals surface area contributed by atoms with E-state index < -0.39 is 5.97 Å². The molecular weight excluding hydrogens is 248 g/mol. The number of carbonyl (C=O) groups is 3. The molecule has 1 rings (SSSR count). The molecule has 5 heteroatoms. The molecule has 0 saturated carbocycles. The molecule has 0 atom stereocenters. The van der Waals surface area contributed by atoms with Crippen molar-refractivity contribution in [1.82, 2.24) is 0 Å². The van der Waals surface area contributed by atoms with Crippen LogP contribution in [0.4, 0.5) is 0 Å². The van der Waals surface area contributed by atoms with Crippen LogP contribution >= 0.6 is 0 Å². The molecule has 0 aliphatic rings. The monoisotopic (exact) mass is 264 g/mol. The van der Waals surface area contributed by atoms with E-state index in [-0.39, 0.29) is 31.0 Å². The first kappa shape index (κ1) is 14.9. The molecule has 0 saturated heterocycles. The lowest BCUT2D eigenvalue weighted by Gasteiger charge is -2.03. The van der Waals surface area contributed by atoms with E-state index in [1.54, 1.807) is 31.2 Å². The third-order valence-corrected chi connectivity index (χ3v) is 2.50. The van der Waals surface area contributed by atoms with Gasteiger partial charge in [0.2, 0.25) is 0 Å². The Morgan fingerprint density at radius 2 is 1.74 bits per heavy atom. The minimum Gasteiger partial charge on any atom is -0.481 e. The highest BCUT2D eigenvalue weighted by Crippen LogP contribution is 2.09. The fourth-order valence-corrected chi connectivity index (χ4v) is 1.55. The Labute approximate surface area is 111 Å². The van der Waals surface area contributed by atoms with Gasteiger partial charge in [-0.3, -0.25) is 14.4 Å². The topological polar surface area (TPSA) is 80.7 Å². The maximum atomic E-state index is 11.6. The number of carbonyl (C=O) groups excluding carboxylic acids is 2. The molecule has 0 amide bonds. The molecule has 0 unspecified atom stereocenters. The lowest BCUT2D eigenvalue weighted by molar-refractivity contribution is -0.142. The van der Waals surface area contributed by atoms with Gasteiger partial charge in [0.1, 0.15) is 0 Å². The van der Waals surface area contributed by atoms with Crippen LogP contribution in [0.15, 0.2) is 24.3 Å². The number of carboxylic acids is 1. The number of ether oxygens (including phenoxy) is 1. The number of benzene rings is 1. The predicted molar refractivity (Wildman–Crippen MR) is 68.0 cm³/mol. The van der Waals surface area contributed by atoms with Crippen molar-refractivity contribution in [2.75, 3.05) is 6.61 Å². The molecule has 0 aliphatic carbocycles. The van der Waals surface area contributed by atoms with Crippen LogP contribution in [0.1, 0.15) is 35.7 Å². The SMILES string of the molecule is CCOC(=O)Cc1ccc(C(=O)CCC(=O)O)cc1. The van der Waals surface area contributed by atoms with E-state index in [0.29, 0.717) is 12.2 Å². The van der Waals surface area contributed by atoms with E-state index in [1.807, 2.05) is 0 Å². The van der Waals surface area contributed by atoms with Gasteiger partial charge in [0, 0.05) is 12.0 Å². The zero-order chi connectivity index (χ0) is 14.3.